The molecule has 1 aliphatic heterocycles. The molecule has 2 aromatic heterocycles. The first-order valence-corrected chi connectivity index (χ1v) is 7.95. The Labute approximate surface area is 140 Å². The summed E-state index contributed by atoms with van der Waals surface area (Å²) in [6.07, 6.45) is 2.43. The first-order chi connectivity index (χ1) is 10.5. The van der Waals surface area contributed by atoms with Crippen LogP contribution in [0.1, 0.15) is 41.0 Å². The summed E-state index contributed by atoms with van der Waals surface area (Å²) in [6.45, 7) is 10.7. The van der Waals surface area contributed by atoms with Gasteiger partial charge in [-0.2, -0.15) is 9.97 Å². The summed E-state index contributed by atoms with van der Waals surface area (Å²) in [5.41, 5.74) is 5.94. The number of anilines is 1. The molecule has 1 saturated heterocycles. The van der Waals surface area contributed by atoms with E-state index in [9.17, 15) is 0 Å². The summed E-state index contributed by atoms with van der Waals surface area (Å²) in [7, 11) is 0. The van der Waals surface area contributed by atoms with Gasteiger partial charge >= 0.3 is 0 Å². The highest BCUT2D eigenvalue weighted by Gasteiger charge is 2.55. The summed E-state index contributed by atoms with van der Waals surface area (Å²) >= 11 is 6.19. The lowest BCUT2D eigenvalue weighted by molar-refractivity contribution is -0.166. The Bertz CT molecular complexity index is 758. The zero-order valence-corrected chi connectivity index (χ0v) is 14.8. The lowest BCUT2D eigenvalue weighted by atomic mass is 9.85. The van der Waals surface area contributed by atoms with Gasteiger partial charge in [0.2, 0.25) is 5.95 Å². The smallest absolute Gasteiger partial charge is 0.223 e. The van der Waals surface area contributed by atoms with Gasteiger partial charge in [-0.05, 0) is 41.0 Å². The van der Waals surface area contributed by atoms with Crippen LogP contribution in [0, 0.1) is 0 Å². The molecule has 0 spiro atoms. The average molecular weight is 340 g/mol. The SMILES string of the molecule is CC1(C)OC(C)(C)C(C)(CCn2cnc3nc(N)nc(Cl)c32)O1. The number of hydrogen-bond donors (Lipinski definition) is 1. The first kappa shape index (κ1) is 16.4. The van der Waals surface area contributed by atoms with Crippen molar-refractivity contribution in [3.8, 4) is 0 Å². The van der Waals surface area contributed by atoms with Gasteiger partial charge in [-0.25, -0.2) is 4.98 Å². The molecule has 23 heavy (non-hydrogen) atoms. The normalized spacial score (nSPS) is 26.0. The van der Waals surface area contributed by atoms with E-state index < -0.39 is 17.0 Å². The van der Waals surface area contributed by atoms with Crippen LogP contribution in [0.25, 0.3) is 11.2 Å². The highest BCUT2D eigenvalue weighted by molar-refractivity contribution is 6.33. The van der Waals surface area contributed by atoms with Crippen molar-refractivity contribution in [3.63, 3.8) is 0 Å². The number of fused-ring (bicyclic) bond motifs is 1. The summed E-state index contributed by atoms with van der Waals surface area (Å²) < 4.78 is 14.1. The van der Waals surface area contributed by atoms with Crippen molar-refractivity contribution in [1.29, 1.82) is 0 Å². The standard InChI is InChI=1S/C15H22ClN5O2/c1-13(2)15(5,23-14(3,4)22-13)6-7-21-8-18-11-9(21)10(16)19-12(17)20-11/h8H,6-7H2,1-5H3,(H2,17,19,20). The summed E-state index contributed by atoms with van der Waals surface area (Å²) in [5.74, 6) is -0.486. The summed E-state index contributed by atoms with van der Waals surface area (Å²) in [5, 5.41) is 0.304. The largest absolute Gasteiger partial charge is 0.368 e. The van der Waals surface area contributed by atoms with Crippen molar-refractivity contribution in [2.75, 3.05) is 5.73 Å². The number of nitrogens with zero attached hydrogens (tertiary/aromatic N) is 4. The third-order valence-electron chi connectivity index (χ3n) is 4.52. The van der Waals surface area contributed by atoms with Crippen molar-refractivity contribution >= 4 is 28.7 Å². The van der Waals surface area contributed by atoms with E-state index in [0.717, 1.165) is 6.42 Å². The third kappa shape index (κ3) is 2.77. The molecule has 0 amide bonds. The molecule has 126 valence electrons. The summed E-state index contributed by atoms with van der Waals surface area (Å²) in [4.78, 5) is 12.3. The number of halogens is 1. The van der Waals surface area contributed by atoms with Gasteiger partial charge in [-0.1, -0.05) is 11.6 Å². The highest BCUT2D eigenvalue weighted by atomic mass is 35.5. The van der Waals surface area contributed by atoms with Gasteiger partial charge in [0, 0.05) is 6.54 Å². The molecule has 7 nitrogen and oxygen atoms in total. The molecule has 3 rings (SSSR count). The number of nitrogens with two attached hydrogens (primary N) is 1. The second-order valence-corrected chi connectivity index (χ2v) is 7.44. The minimum atomic E-state index is -0.607. The molecule has 0 radical (unpaired) electrons. The molecule has 1 unspecified atom stereocenters. The van der Waals surface area contributed by atoms with Gasteiger partial charge in [0.05, 0.1) is 17.5 Å². The second-order valence-electron chi connectivity index (χ2n) is 7.08. The number of ether oxygens (including phenoxy) is 2. The molecule has 1 fully saturated rings. The van der Waals surface area contributed by atoms with Crippen LogP contribution < -0.4 is 5.73 Å². The zero-order valence-electron chi connectivity index (χ0n) is 14.1. The van der Waals surface area contributed by atoms with Gasteiger partial charge in [-0.3, -0.25) is 0 Å². The molecule has 0 aromatic carbocycles. The first-order valence-electron chi connectivity index (χ1n) is 7.57. The maximum atomic E-state index is 6.19. The molecule has 0 aliphatic carbocycles. The van der Waals surface area contributed by atoms with Crippen LogP contribution in [0.15, 0.2) is 6.33 Å². The lowest BCUT2D eigenvalue weighted by Crippen LogP contribution is -2.45. The number of aryl methyl sites for hydroxylation is 1. The van der Waals surface area contributed by atoms with Crippen LogP contribution in [0.5, 0.6) is 0 Å². The number of nitrogen functional groups attached to an aromatic ring is 1. The number of hydrogen-bond acceptors (Lipinski definition) is 6. The minimum absolute atomic E-state index is 0.120. The van der Waals surface area contributed by atoms with E-state index in [1.54, 1.807) is 6.33 Å². The van der Waals surface area contributed by atoms with Crippen molar-refractivity contribution < 1.29 is 9.47 Å². The Morgan fingerprint density at radius 3 is 2.48 bits per heavy atom. The Morgan fingerprint density at radius 1 is 1.17 bits per heavy atom. The third-order valence-corrected chi connectivity index (χ3v) is 4.79. The van der Waals surface area contributed by atoms with Gasteiger partial charge in [-0.15, -0.1) is 0 Å². The van der Waals surface area contributed by atoms with Crippen LogP contribution in [0.4, 0.5) is 5.95 Å². The fraction of sp³-hybridized carbons (Fsp3) is 0.667. The molecule has 0 bridgehead atoms. The number of rotatable bonds is 3. The van der Waals surface area contributed by atoms with Crippen LogP contribution in [0.2, 0.25) is 5.15 Å². The van der Waals surface area contributed by atoms with Crippen molar-refractivity contribution in [2.24, 2.45) is 0 Å². The molecule has 8 heteroatoms. The van der Waals surface area contributed by atoms with Gasteiger partial charge < -0.3 is 19.8 Å². The van der Waals surface area contributed by atoms with Crippen LogP contribution >= 0.6 is 11.6 Å². The van der Waals surface area contributed by atoms with Crippen LogP contribution in [-0.2, 0) is 16.0 Å². The van der Waals surface area contributed by atoms with E-state index in [2.05, 4.69) is 21.9 Å². The predicted molar refractivity (Wildman–Crippen MR) is 88.1 cm³/mol. The Hall–Kier alpha value is -1.44. The van der Waals surface area contributed by atoms with Gasteiger partial charge in [0.1, 0.15) is 5.52 Å². The minimum Gasteiger partial charge on any atom is -0.368 e. The molecule has 1 aliphatic rings. The van der Waals surface area contributed by atoms with Crippen LogP contribution in [0.3, 0.4) is 0 Å². The number of aromatic nitrogens is 4. The van der Waals surface area contributed by atoms with E-state index in [4.69, 9.17) is 26.8 Å². The molecule has 1 atom stereocenters. The quantitative estimate of drug-likeness (QED) is 0.865. The van der Waals surface area contributed by atoms with Crippen LogP contribution in [-0.4, -0.2) is 36.5 Å². The molecule has 2 aromatic rings. The molecule has 3 heterocycles. The van der Waals surface area contributed by atoms with E-state index in [1.807, 2.05) is 32.3 Å². The second kappa shape index (κ2) is 5.03. The monoisotopic (exact) mass is 339 g/mol. The maximum Gasteiger partial charge on any atom is 0.223 e. The Balaban J connectivity index is 1.87. The van der Waals surface area contributed by atoms with Crippen molar-refractivity contribution in [2.45, 2.75) is 64.6 Å². The average Bonchev–Trinajstić information content (AvgIpc) is 2.83. The fourth-order valence-electron chi connectivity index (χ4n) is 3.22. The van der Waals surface area contributed by atoms with Crippen molar-refractivity contribution in [3.05, 3.63) is 11.5 Å². The lowest BCUT2D eigenvalue weighted by Gasteiger charge is -2.34. The van der Waals surface area contributed by atoms with Gasteiger partial charge in [0.15, 0.2) is 16.6 Å². The van der Waals surface area contributed by atoms with E-state index in [0.29, 0.717) is 22.9 Å². The Kier molecular flexibility index (Phi) is 3.59. The molecule has 0 saturated carbocycles. The maximum absolute atomic E-state index is 6.19. The zero-order chi connectivity index (χ0) is 17.0. The summed E-state index contributed by atoms with van der Waals surface area (Å²) in [6, 6.07) is 0. The highest BCUT2D eigenvalue weighted by Crippen LogP contribution is 2.46. The Morgan fingerprint density at radius 2 is 1.87 bits per heavy atom. The van der Waals surface area contributed by atoms with E-state index in [1.165, 1.54) is 0 Å². The fourth-order valence-corrected chi connectivity index (χ4v) is 3.50. The van der Waals surface area contributed by atoms with Crippen molar-refractivity contribution in [1.82, 2.24) is 19.5 Å². The molecule has 2 N–H and O–H groups in total. The van der Waals surface area contributed by atoms with E-state index in [-0.39, 0.29) is 5.95 Å². The molecular formula is C15H22ClN5O2. The van der Waals surface area contributed by atoms with Gasteiger partial charge in [0.25, 0.3) is 0 Å². The number of imidazole rings is 1. The molecular weight excluding hydrogens is 318 g/mol. The predicted octanol–water partition coefficient (Wildman–Crippen LogP) is 2.77. The topological polar surface area (TPSA) is 88.1 Å². The van der Waals surface area contributed by atoms with E-state index >= 15 is 0 Å².